The molecule has 1 N–H and O–H groups in total. The molecule has 25 heavy (non-hydrogen) atoms. The van der Waals surface area contributed by atoms with E-state index in [4.69, 9.17) is 10.4 Å². The Morgan fingerprint density at radius 1 is 1.08 bits per heavy atom. The van der Waals surface area contributed by atoms with E-state index in [1.165, 1.54) is 5.56 Å². The number of nitriles is 1. The molecule has 1 aromatic rings. The van der Waals surface area contributed by atoms with Crippen molar-refractivity contribution in [2.45, 2.75) is 60.4 Å². The minimum absolute atomic E-state index is 0.100. The molecule has 138 valence electrons. The largest absolute Gasteiger partial charge is 0.384 e. The van der Waals surface area contributed by atoms with Gasteiger partial charge in [0, 0.05) is 18.5 Å². The summed E-state index contributed by atoms with van der Waals surface area (Å²) in [5.74, 6) is 5.56. The molecule has 1 fully saturated rings. The quantitative estimate of drug-likeness (QED) is 0.817. The third-order valence-electron chi connectivity index (χ3n) is 4.24. The van der Waals surface area contributed by atoms with Gasteiger partial charge in [-0.2, -0.15) is 5.26 Å². The lowest BCUT2D eigenvalue weighted by molar-refractivity contribution is 0.116. The number of nitrogens with zero attached hydrogens (tertiary/aromatic N) is 2. The van der Waals surface area contributed by atoms with Crippen molar-refractivity contribution in [1.29, 1.82) is 5.26 Å². The van der Waals surface area contributed by atoms with Gasteiger partial charge in [-0.25, -0.2) is 0 Å². The van der Waals surface area contributed by atoms with Crippen molar-refractivity contribution in [3.05, 3.63) is 35.4 Å². The molecule has 1 aliphatic heterocycles. The van der Waals surface area contributed by atoms with Crippen LogP contribution >= 0.6 is 0 Å². The lowest BCUT2D eigenvalue weighted by Gasteiger charge is -2.38. The number of benzene rings is 1. The maximum atomic E-state index is 8.88. The highest BCUT2D eigenvalue weighted by Crippen LogP contribution is 2.34. The number of rotatable bonds is 3. The van der Waals surface area contributed by atoms with E-state index in [1.807, 2.05) is 39.8 Å². The van der Waals surface area contributed by atoms with Crippen LogP contribution in [0.1, 0.15) is 65.0 Å². The Balaban J connectivity index is 0.00000134. The van der Waals surface area contributed by atoms with E-state index >= 15 is 0 Å². The Labute approximate surface area is 154 Å². The summed E-state index contributed by atoms with van der Waals surface area (Å²) in [6.07, 6.45) is 2.86. The molecule has 1 aromatic carbocycles. The molecule has 0 aromatic heterocycles. The zero-order valence-corrected chi connectivity index (χ0v) is 16.6. The average molecular weight is 343 g/mol. The lowest BCUT2D eigenvalue weighted by Crippen LogP contribution is -2.38. The highest BCUT2D eigenvalue weighted by molar-refractivity contribution is 5.36. The van der Waals surface area contributed by atoms with Gasteiger partial charge in [0.15, 0.2) is 0 Å². The zero-order valence-electron chi connectivity index (χ0n) is 16.6. The number of aliphatic hydroxyl groups is 1. The summed E-state index contributed by atoms with van der Waals surface area (Å²) in [5.41, 5.74) is 2.43. The third-order valence-corrected chi connectivity index (χ3v) is 4.24. The fourth-order valence-electron chi connectivity index (χ4n) is 2.71. The van der Waals surface area contributed by atoms with E-state index in [-0.39, 0.29) is 12.0 Å². The lowest BCUT2D eigenvalue weighted by atomic mass is 9.78. The van der Waals surface area contributed by atoms with Crippen LogP contribution in [0, 0.1) is 28.6 Å². The maximum absolute atomic E-state index is 8.88. The van der Waals surface area contributed by atoms with Crippen LogP contribution in [-0.2, 0) is 6.54 Å². The molecule has 0 aliphatic carbocycles. The van der Waals surface area contributed by atoms with E-state index < -0.39 is 0 Å². The first kappa shape index (κ1) is 23.2. The van der Waals surface area contributed by atoms with Crippen molar-refractivity contribution in [3.8, 4) is 17.9 Å². The van der Waals surface area contributed by atoms with Crippen LogP contribution in [0.25, 0.3) is 0 Å². The highest BCUT2D eigenvalue weighted by atomic mass is 16.2. The van der Waals surface area contributed by atoms with Crippen LogP contribution in [0.15, 0.2) is 24.3 Å². The molecule has 1 saturated heterocycles. The zero-order chi connectivity index (χ0) is 19.1. The summed E-state index contributed by atoms with van der Waals surface area (Å²) in [6.45, 7) is 13.2. The van der Waals surface area contributed by atoms with E-state index in [1.54, 1.807) is 0 Å². The van der Waals surface area contributed by atoms with Gasteiger partial charge in [-0.05, 0) is 49.0 Å². The molecule has 0 unspecified atom stereocenters. The molecule has 0 atom stereocenters. The van der Waals surface area contributed by atoms with Gasteiger partial charge in [0.25, 0.3) is 0 Å². The standard InChI is InChI=1S/C18H22N2O.2C2H6/c1-18(8-11-19)9-12-20(13-10-18)15-17-6-4-16(5-7-17)3-2-14-21;2*1-2/h4-7,21H,8-10,12-15H2,1H3;2*1-2H3. The SMILES string of the molecule is CC.CC.CC1(CC#N)CCN(Cc2ccc(C#CCO)cc2)CC1. The monoisotopic (exact) mass is 342 g/mol. The normalized spacial score (nSPS) is 15.2. The van der Waals surface area contributed by atoms with E-state index in [0.717, 1.165) is 38.0 Å². The molecular weight excluding hydrogens is 308 g/mol. The van der Waals surface area contributed by atoms with Gasteiger partial charge in [-0.1, -0.05) is 58.6 Å². The van der Waals surface area contributed by atoms with Gasteiger partial charge in [-0.3, -0.25) is 4.90 Å². The first-order valence-electron chi connectivity index (χ1n) is 9.43. The molecule has 0 spiro atoms. The molecule has 3 heteroatoms. The molecule has 2 rings (SSSR count). The van der Waals surface area contributed by atoms with Crippen LogP contribution in [0.2, 0.25) is 0 Å². The van der Waals surface area contributed by atoms with Gasteiger partial charge in [0.05, 0.1) is 6.07 Å². The van der Waals surface area contributed by atoms with Crippen LogP contribution < -0.4 is 0 Å². The molecular formula is C22H34N2O. The molecule has 0 bridgehead atoms. The van der Waals surface area contributed by atoms with Crippen LogP contribution in [0.3, 0.4) is 0 Å². The van der Waals surface area contributed by atoms with Crippen LogP contribution in [0.5, 0.6) is 0 Å². The Bertz CT molecular complexity index is 552. The summed E-state index contributed by atoms with van der Waals surface area (Å²) in [4.78, 5) is 2.45. The predicted octanol–water partition coefficient (Wildman–Crippen LogP) is 4.60. The predicted molar refractivity (Wildman–Crippen MR) is 106 cm³/mol. The first-order valence-corrected chi connectivity index (χ1v) is 9.43. The third kappa shape index (κ3) is 8.73. The van der Waals surface area contributed by atoms with Gasteiger partial charge in [-0.15, -0.1) is 0 Å². The van der Waals surface area contributed by atoms with Crippen molar-refractivity contribution in [1.82, 2.24) is 4.90 Å². The van der Waals surface area contributed by atoms with Crippen molar-refractivity contribution in [2.75, 3.05) is 19.7 Å². The number of likely N-dealkylation sites (tertiary alicyclic amines) is 1. The second-order valence-corrected chi connectivity index (χ2v) is 6.08. The highest BCUT2D eigenvalue weighted by Gasteiger charge is 2.29. The number of piperidine rings is 1. The summed E-state index contributed by atoms with van der Waals surface area (Å²) in [7, 11) is 0. The van der Waals surface area contributed by atoms with Crippen LogP contribution in [-0.4, -0.2) is 29.7 Å². The minimum Gasteiger partial charge on any atom is -0.384 e. The van der Waals surface area contributed by atoms with Gasteiger partial charge in [0.2, 0.25) is 0 Å². The number of hydrogen-bond acceptors (Lipinski definition) is 3. The second-order valence-electron chi connectivity index (χ2n) is 6.08. The Hall–Kier alpha value is -1.81. The summed E-state index contributed by atoms with van der Waals surface area (Å²) < 4.78 is 0. The molecule has 1 heterocycles. The molecule has 0 saturated carbocycles. The summed E-state index contributed by atoms with van der Waals surface area (Å²) >= 11 is 0. The minimum atomic E-state index is -0.100. The van der Waals surface area contributed by atoms with Gasteiger partial charge in [0.1, 0.15) is 6.61 Å². The summed E-state index contributed by atoms with van der Waals surface area (Å²) in [5, 5.41) is 17.6. The second kappa shape index (κ2) is 13.5. The Kier molecular flexibility index (Phi) is 12.5. The van der Waals surface area contributed by atoms with Crippen molar-refractivity contribution in [3.63, 3.8) is 0 Å². The van der Waals surface area contributed by atoms with E-state index in [9.17, 15) is 0 Å². The summed E-state index contributed by atoms with van der Waals surface area (Å²) in [6, 6.07) is 10.5. The molecule has 3 nitrogen and oxygen atoms in total. The average Bonchev–Trinajstić information content (AvgIpc) is 2.67. The van der Waals surface area contributed by atoms with Crippen molar-refractivity contribution in [2.24, 2.45) is 5.41 Å². The number of hydrogen-bond donors (Lipinski definition) is 1. The van der Waals surface area contributed by atoms with E-state index in [2.05, 4.69) is 41.9 Å². The molecule has 1 aliphatic rings. The first-order chi connectivity index (χ1) is 12.1. The van der Waals surface area contributed by atoms with Gasteiger partial charge >= 0.3 is 0 Å². The number of aliphatic hydroxyl groups excluding tert-OH is 1. The Morgan fingerprint density at radius 2 is 1.64 bits per heavy atom. The fraction of sp³-hybridized carbons (Fsp3) is 0.591. The van der Waals surface area contributed by atoms with E-state index in [0.29, 0.717) is 6.42 Å². The van der Waals surface area contributed by atoms with Crippen LogP contribution in [0.4, 0.5) is 0 Å². The Morgan fingerprint density at radius 3 is 2.12 bits per heavy atom. The molecule has 0 radical (unpaired) electrons. The van der Waals surface area contributed by atoms with Crippen molar-refractivity contribution >= 4 is 0 Å². The smallest absolute Gasteiger partial charge is 0.104 e. The fourth-order valence-corrected chi connectivity index (χ4v) is 2.71. The maximum Gasteiger partial charge on any atom is 0.104 e. The van der Waals surface area contributed by atoms with Gasteiger partial charge < -0.3 is 5.11 Å². The van der Waals surface area contributed by atoms with Crippen molar-refractivity contribution < 1.29 is 5.11 Å². The molecule has 0 amide bonds. The topological polar surface area (TPSA) is 47.3 Å².